The van der Waals surface area contributed by atoms with Gasteiger partial charge in [-0.25, -0.2) is 0 Å². The first kappa shape index (κ1) is 12.4. The van der Waals surface area contributed by atoms with Gasteiger partial charge in [0.25, 0.3) is 0 Å². The summed E-state index contributed by atoms with van der Waals surface area (Å²) in [5.74, 6) is 0. The predicted molar refractivity (Wildman–Crippen MR) is 74.6 cm³/mol. The van der Waals surface area contributed by atoms with Crippen molar-refractivity contribution in [3.63, 3.8) is 0 Å². The Labute approximate surface area is 112 Å². The van der Waals surface area contributed by atoms with Gasteiger partial charge in [0.05, 0.1) is 18.8 Å². The van der Waals surface area contributed by atoms with Crippen molar-refractivity contribution in [2.45, 2.75) is 30.8 Å². The SMILES string of the molecule is NC1(CO)CCC(n2cc(-c3ccccc3)cn2)C1. The van der Waals surface area contributed by atoms with E-state index in [0.29, 0.717) is 6.04 Å². The Hall–Kier alpha value is -1.65. The standard InChI is InChI=1S/C15H19N3O/c16-15(11-19)7-6-14(8-15)18-10-13(9-17-18)12-4-2-1-3-5-12/h1-5,9-10,14,19H,6-8,11,16H2. The first-order valence-corrected chi connectivity index (χ1v) is 6.69. The third kappa shape index (κ3) is 2.41. The van der Waals surface area contributed by atoms with Crippen molar-refractivity contribution in [2.24, 2.45) is 5.73 Å². The number of aromatic nitrogens is 2. The van der Waals surface area contributed by atoms with Crippen molar-refractivity contribution < 1.29 is 5.11 Å². The molecule has 0 spiro atoms. The van der Waals surface area contributed by atoms with Gasteiger partial charge in [0.15, 0.2) is 0 Å². The Morgan fingerprint density at radius 1 is 1.32 bits per heavy atom. The van der Waals surface area contributed by atoms with Crippen molar-refractivity contribution in [1.82, 2.24) is 9.78 Å². The van der Waals surface area contributed by atoms with Gasteiger partial charge in [-0.15, -0.1) is 0 Å². The van der Waals surface area contributed by atoms with Crippen LogP contribution in [0.1, 0.15) is 25.3 Å². The lowest BCUT2D eigenvalue weighted by molar-refractivity contribution is 0.195. The smallest absolute Gasteiger partial charge is 0.0612 e. The molecule has 1 aliphatic rings. The number of nitrogens with two attached hydrogens (primary N) is 1. The van der Waals surface area contributed by atoms with Gasteiger partial charge in [0.1, 0.15) is 0 Å². The zero-order valence-corrected chi connectivity index (χ0v) is 10.9. The normalized spacial score (nSPS) is 26.7. The van der Waals surface area contributed by atoms with E-state index < -0.39 is 5.54 Å². The van der Waals surface area contributed by atoms with E-state index in [1.165, 1.54) is 5.56 Å². The third-order valence-electron chi connectivity index (χ3n) is 4.02. The minimum Gasteiger partial charge on any atom is -0.394 e. The van der Waals surface area contributed by atoms with Crippen molar-refractivity contribution in [3.8, 4) is 11.1 Å². The summed E-state index contributed by atoms with van der Waals surface area (Å²) in [6.45, 7) is 0.0519. The minimum absolute atomic E-state index is 0.0519. The molecular formula is C15H19N3O. The highest BCUT2D eigenvalue weighted by molar-refractivity contribution is 5.61. The van der Waals surface area contributed by atoms with Crippen LogP contribution in [0.15, 0.2) is 42.7 Å². The lowest BCUT2D eigenvalue weighted by Gasteiger charge is -2.20. The van der Waals surface area contributed by atoms with E-state index in [2.05, 4.69) is 23.4 Å². The fraction of sp³-hybridized carbons (Fsp3) is 0.400. The van der Waals surface area contributed by atoms with Crippen LogP contribution in [0.25, 0.3) is 11.1 Å². The fourth-order valence-electron chi connectivity index (χ4n) is 2.81. The number of hydrogen-bond donors (Lipinski definition) is 2. The molecule has 1 heterocycles. The van der Waals surface area contributed by atoms with Crippen LogP contribution < -0.4 is 5.73 Å². The highest BCUT2D eigenvalue weighted by Gasteiger charge is 2.36. The monoisotopic (exact) mass is 257 g/mol. The van der Waals surface area contributed by atoms with Crippen molar-refractivity contribution in [2.75, 3.05) is 6.61 Å². The van der Waals surface area contributed by atoms with Crippen LogP contribution in [0.3, 0.4) is 0 Å². The highest BCUT2D eigenvalue weighted by Crippen LogP contribution is 2.36. The van der Waals surface area contributed by atoms with Gasteiger partial charge in [-0.05, 0) is 24.8 Å². The zero-order chi connectivity index (χ0) is 13.3. The van der Waals surface area contributed by atoms with E-state index in [0.717, 1.165) is 24.8 Å². The maximum absolute atomic E-state index is 9.32. The molecule has 0 aliphatic heterocycles. The van der Waals surface area contributed by atoms with Crippen molar-refractivity contribution in [1.29, 1.82) is 0 Å². The summed E-state index contributed by atoms with van der Waals surface area (Å²) in [4.78, 5) is 0. The number of nitrogens with zero attached hydrogens (tertiary/aromatic N) is 2. The number of aliphatic hydroxyl groups excluding tert-OH is 1. The summed E-state index contributed by atoms with van der Waals surface area (Å²) < 4.78 is 1.99. The molecule has 1 fully saturated rings. The second-order valence-electron chi connectivity index (χ2n) is 5.49. The Balaban J connectivity index is 1.80. The summed E-state index contributed by atoms with van der Waals surface area (Å²) in [5, 5.41) is 13.8. The van der Waals surface area contributed by atoms with E-state index in [1.807, 2.05) is 29.1 Å². The van der Waals surface area contributed by atoms with E-state index in [4.69, 9.17) is 5.73 Å². The minimum atomic E-state index is -0.427. The molecule has 2 atom stereocenters. The average molecular weight is 257 g/mol. The maximum atomic E-state index is 9.32. The average Bonchev–Trinajstić information content (AvgIpc) is 3.07. The van der Waals surface area contributed by atoms with Gasteiger partial charge in [0.2, 0.25) is 0 Å². The van der Waals surface area contributed by atoms with Crippen LogP contribution in [0.2, 0.25) is 0 Å². The molecule has 1 aromatic carbocycles. The fourth-order valence-corrected chi connectivity index (χ4v) is 2.81. The summed E-state index contributed by atoms with van der Waals surface area (Å²) >= 11 is 0. The molecule has 0 radical (unpaired) electrons. The molecule has 4 nitrogen and oxygen atoms in total. The Bertz CT molecular complexity index is 552. The quantitative estimate of drug-likeness (QED) is 0.883. The number of rotatable bonds is 3. The first-order chi connectivity index (χ1) is 9.20. The summed E-state index contributed by atoms with van der Waals surface area (Å²) in [5.41, 5.74) is 7.98. The van der Waals surface area contributed by atoms with Crippen LogP contribution >= 0.6 is 0 Å². The summed E-state index contributed by atoms with van der Waals surface area (Å²) in [6, 6.07) is 10.5. The molecule has 0 bridgehead atoms. The van der Waals surface area contributed by atoms with E-state index >= 15 is 0 Å². The number of aliphatic hydroxyl groups is 1. The van der Waals surface area contributed by atoms with Crippen molar-refractivity contribution in [3.05, 3.63) is 42.7 Å². The van der Waals surface area contributed by atoms with Crippen LogP contribution in [0.5, 0.6) is 0 Å². The molecule has 0 saturated heterocycles. The zero-order valence-electron chi connectivity index (χ0n) is 10.9. The number of benzene rings is 1. The van der Waals surface area contributed by atoms with Gasteiger partial charge in [-0.3, -0.25) is 4.68 Å². The van der Waals surface area contributed by atoms with Gasteiger partial charge in [0, 0.05) is 17.3 Å². The second-order valence-corrected chi connectivity index (χ2v) is 5.49. The molecule has 19 heavy (non-hydrogen) atoms. The molecule has 4 heteroatoms. The molecule has 1 aliphatic carbocycles. The summed E-state index contributed by atoms with van der Waals surface area (Å²) in [6.07, 6.45) is 6.59. The molecule has 100 valence electrons. The van der Waals surface area contributed by atoms with Crippen LogP contribution in [0, 0.1) is 0 Å². The highest BCUT2D eigenvalue weighted by atomic mass is 16.3. The lowest BCUT2D eigenvalue weighted by Crippen LogP contribution is -2.40. The van der Waals surface area contributed by atoms with E-state index in [1.54, 1.807) is 0 Å². The lowest BCUT2D eigenvalue weighted by atomic mass is 10.0. The van der Waals surface area contributed by atoms with E-state index in [-0.39, 0.29) is 6.61 Å². The summed E-state index contributed by atoms with van der Waals surface area (Å²) in [7, 11) is 0. The largest absolute Gasteiger partial charge is 0.394 e. The molecule has 2 unspecified atom stereocenters. The van der Waals surface area contributed by atoms with Crippen LogP contribution in [0.4, 0.5) is 0 Å². The Morgan fingerprint density at radius 3 is 2.79 bits per heavy atom. The van der Waals surface area contributed by atoms with Crippen LogP contribution in [-0.4, -0.2) is 27.0 Å². The van der Waals surface area contributed by atoms with Crippen molar-refractivity contribution >= 4 is 0 Å². The molecule has 2 aromatic rings. The third-order valence-corrected chi connectivity index (χ3v) is 4.02. The first-order valence-electron chi connectivity index (χ1n) is 6.69. The van der Waals surface area contributed by atoms with Gasteiger partial charge in [-0.1, -0.05) is 30.3 Å². The van der Waals surface area contributed by atoms with E-state index in [9.17, 15) is 5.11 Å². The van der Waals surface area contributed by atoms with Gasteiger partial charge < -0.3 is 10.8 Å². The molecule has 0 amide bonds. The molecule has 3 N–H and O–H groups in total. The van der Waals surface area contributed by atoms with Gasteiger partial charge >= 0.3 is 0 Å². The Morgan fingerprint density at radius 2 is 2.11 bits per heavy atom. The Kier molecular flexibility index (Phi) is 3.12. The maximum Gasteiger partial charge on any atom is 0.0612 e. The topological polar surface area (TPSA) is 64.1 Å². The second kappa shape index (κ2) is 4.79. The number of hydrogen-bond acceptors (Lipinski definition) is 3. The molecular weight excluding hydrogens is 238 g/mol. The predicted octanol–water partition coefficient (Wildman–Crippen LogP) is 1.96. The molecule has 1 aromatic heterocycles. The molecule has 1 saturated carbocycles. The molecule has 3 rings (SSSR count). The van der Waals surface area contributed by atoms with Gasteiger partial charge in [-0.2, -0.15) is 5.10 Å². The van der Waals surface area contributed by atoms with Crippen LogP contribution in [-0.2, 0) is 0 Å².